The molecule has 1 heteroatoms. The minimum absolute atomic E-state index is 0.111. The first kappa shape index (κ1) is 4.67. The van der Waals surface area contributed by atoms with Gasteiger partial charge in [0.1, 0.15) is 0 Å². The molecule has 7 heavy (non-hydrogen) atoms. The van der Waals surface area contributed by atoms with E-state index in [9.17, 15) is 0 Å². The minimum Gasteiger partial charge on any atom is -0.304 e. The Bertz CT molecular complexity index is 106. The summed E-state index contributed by atoms with van der Waals surface area (Å²) >= 11 is 0. The van der Waals surface area contributed by atoms with Crippen LogP contribution < -0.4 is 5.32 Å². The first-order valence-electron chi connectivity index (χ1n) is 2.50. The van der Waals surface area contributed by atoms with Crippen molar-refractivity contribution in [3.63, 3.8) is 0 Å². The van der Waals surface area contributed by atoms with Crippen LogP contribution in [0.5, 0.6) is 0 Å². The van der Waals surface area contributed by atoms with Gasteiger partial charge in [-0.15, -0.1) is 6.42 Å². The van der Waals surface area contributed by atoms with E-state index in [2.05, 4.69) is 11.2 Å². The van der Waals surface area contributed by atoms with Gasteiger partial charge in [-0.25, -0.2) is 0 Å². The van der Waals surface area contributed by atoms with Gasteiger partial charge in [-0.2, -0.15) is 0 Å². The van der Waals surface area contributed by atoms with Gasteiger partial charge < -0.3 is 5.32 Å². The van der Waals surface area contributed by atoms with E-state index in [1.54, 1.807) is 0 Å². The van der Waals surface area contributed by atoms with Crippen LogP contribution in [0.3, 0.4) is 0 Å². The second-order valence-electron chi connectivity index (χ2n) is 1.98. The van der Waals surface area contributed by atoms with Crippen molar-refractivity contribution in [3.05, 3.63) is 0 Å². The lowest BCUT2D eigenvalue weighted by atomic mass is 10.3. The average molecular weight is 95.1 g/mol. The van der Waals surface area contributed by atoms with Crippen LogP contribution in [0.2, 0.25) is 0 Å². The average Bonchev–Trinajstić information content (AvgIpc) is 2.46. The number of hydrogen-bond acceptors (Lipinski definition) is 1. The molecule has 38 valence electrons. The molecule has 1 nitrogen and oxygen atoms in total. The topological polar surface area (TPSA) is 12.0 Å². The predicted molar refractivity (Wildman–Crippen MR) is 29.9 cm³/mol. The van der Waals surface area contributed by atoms with E-state index in [-0.39, 0.29) is 5.54 Å². The van der Waals surface area contributed by atoms with Crippen molar-refractivity contribution in [1.82, 2.24) is 5.32 Å². The van der Waals surface area contributed by atoms with Crippen LogP contribution in [0.15, 0.2) is 0 Å². The fraction of sp³-hybridized carbons (Fsp3) is 0.667. The molecule has 0 heterocycles. The van der Waals surface area contributed by atoms with Crippen molar-refractivity contribution < 1.29 is 0 Å². The molecule has 1 N–H and O–H groups in total. The lowest BCUT2D eigenvalue weighted by Crippen LogP contribution is -2.24. The summed E-state index contributed by atoms with van der Waals surface area (Å²) in [6.45, 7) is 0. The maximum absolute atomic E-state index is 5.17. The van der Waals surface area contributed by atoms with Crippen molar-refractivity contribution in [2.45, 2.75) is 18.4 Å². The van der Waals surface area contributed by atoms with Gasteiger partial charge >= 0.3 is 0 Å². The largest absolute Gasteiger partial charge is 0.304 e. The maximum atomic E-state index is 5.17. The standard InChI is InChI=1S/C6H9N/c1-3-6(7-2)4-5-6/h1,7H,4-5H2,2H3. The van der Waals surface area contributed by atoms with E-state index in [4.69, 9.17) is 6.42 Å². The zero-order chi connectivity index (χ0) is 5.33. The third kappa shape index (κ3) is 0.618. The zero-order valence-electron chi connectivity index (χ0n) is 4.49. The highest BCUT2D eigenvalue weighted by Crippen LogP contribution is 2.33. The first-order chi connectivity index (χ1) is 3.33. The van der Waals surface area contributed by atoms with Crippen LogP contribution in [0.1, 0.15) is 12.8 Å². The summed E-state index contributed by atoms with van der Waals surface area (Å²) in [5, 5.41) is 3.07. The minimum atomic E-state index is 0.111. The number of rotatable bonds is 1. The van der Waals surface area contributed by atoms with Gasteiger partial charge in [0.05, 0.1) is 5.54 Å². The molecule has 0 radical (unpaired) electrons. The van der Waals surface area contributed by atoms with Crippen molar-refractivity contribution in [1.29, 1.82) is 0 Å². The van der Waals surface area contributed by atoms with Crippen molar-refractivity contribution in [3.8, 4) is 12.3 Å². The summed E-state index contributed by atoms with van der Waals surface area (Å²) in [6, 6.07) is 0. The lowest BCUT2D eigenvalue weighted by Gasteiger charge is -2.00. The van der Waals surface area contributed by atoms with Gasteiger partial charge in [0.15, 0.2) is 0 Å². The zero-order valence-corrected chi connectivity index (χ0v) is 4.49. The van der Waals surface area contributed by atoms with E-state index < -0.39 is 0 Å². The molecule has 0 aliphatic heterocycles. The molecule has 0 aromatic rings. The molecule has 0 aromatic heterocycles. The van der Waals surface area contributed by atoms with Crippen molar-refractivity contribution in [2.24, 2.45) is 0 Å². The highest BCUT2D eigenvalue weighted by Gasteiger charge is 2.38. The fourth-order valence-corrected chi connectivity index (χ4v) is 0.592. The predicted octanol–water partition coefficient (Wildman–Crippen LogP) is 0.372. The van der Waals surface area contributed by atoms with Crippen LogP contribution in [-0.2, 0) is 0 Å². The first-order valence-corrected chi connectivity index (χ1v) is 2.50. The van der Waals surface area contributed by atoms with Crippen LogP contribution in [0.4, 0.5) is 0 Å². The van der Waals surface area contributed by atoms with E-state index in [1.807, 2.05) is 7.05 Å². The Labute approximate surface area is 44.1 Å². The SMILES string of the molecule is C#CC1(NC)CC1. The molecule has 1 fully saturated rings. The summed E-state index contributed by atoms with van der Waals surface area (Å²) in [6.07, 6.45) is 7.47. The number of nitrogens with one attached hydrogen (secondary N) is 1. The summed E-state index contributed by atoms with van der Waals surface area (Å²) in [5.74, 6) is 2.69. The third-order valence-electron chi connectivity index (χ3n) is 1.50. The Hall–Kier alpha value is -0.480. The van der Waals surface area contributed by atoms with E-state index in [0.717, 1.165) is 12.8 Å². The molecule has 1 aliphatic carbocycles. The highest BCUT2D eigenvalue weighted by molar-refractivity contribution is 5.22. The molecule has 0 saturated heterocycles. The molecule has 0 atom stereocenters. The van der Waals surface area contributed by atoms with Gasteiger partial charge in [0, 0.05) is 0 Å². The van der Waals surface area contributed by atoms with Crippen LogP contribution in [0.25, 0.3) is 0 Å². The van der Waals surface area contributed by atoms with Crippen molar-refractivity contribution >= 4 is 0 Å². The molecule has 0 unspecified atom stereocenters. The van der Waals surface area contributed by atoms with Crippen LogP contribution >= 0.6 is 0 Å². The summed E-state index contributed by atoms with van der Waals surface area (Å²) in [7, 11) is 1.91. The summed E-state index contributed by atoms with van der Waals surface area (Å²) < 4.78 is 0. The summed E-state index contributed by atoms with van der Waals surface area (Å²) in [4.78, 5) is 0. The Morgan fingerprint density at radius 3 is 2.29 bits per heavy atom. The quantitative estimate of drug-likeness (QED) is 0.464. The molecule has 0 spiro atoms. The Kier molecular flexibility index (Phi) is 0.831. The molecular weight excluding hydrogens is 86.1 g/mol. The molecule has 0 aromatic carbocycles. The van der Waals surface area contributed by atoms with E-state index >= 15 is 0 Å². The van der Waals surface area contributed by atoms with Gasteiger partial charge in [-0.3, -0.25) is 0 Å². The van der Waals surface area contributed by atoms with Gasteiger partial charge in [-0.05, 0) is 19.9 Å². The maximum Gasteiger partial charge on any atom is 0.0797 e. The molecule has 1 aliphatic rings. The Morgan fingerprint density at radius 2 is 2.29 bits per heavy atom. The number of terminal acetylenes is 1. The second kappa shape index (κ2) is 1.24. The highest BCUT2D eigenvalue weighted by atomic mass is 15.0. The van der Waals surface area contributed by atoms with Crippen LogP contribution in [-0.4, -0.2) is 12.6 Å². The molecule has 1 saturated carbocycles. The van der Waals surface area contributed by atoms with Crippen molar-refractivity contribution in [2.75, 3.05) is 7.05 Å². The van der Waals surface area contributed by atoms with Crippen LogP contribution in [0, 0.1) is 12.3 Å². The fourth-order valence-electron chi connectivity index (χ4n) is 0.592. The Balaban J connectivity index is 2.47. The lowest BCUT2D eigenvalue weighted by molar-refractivity contribution is 0.693. The Morgan fingerprint density at radius 1 is 1.71 bits per heavy atom. The monoisotopic (exact) mass is 95.1 g/mol. The van der Waals surface area contributed by atoms with Gasteiger partial charge in [0.25, 0.3) is 0 Å². The smallest absolute Gasteiger partial charge is 0.0797 e. The molecule has 1 rings (SSSR count). The molecule has 0 amide bonds. The second-order valence-corrected chi connectivity index (χ2v) is 1.98. The molecule has 0 bridgehead atoms. The third-order valence-corrected chi connectivity index (χ3v) is 1.50. The summed E-state index contributed by atoms with van der Waals surface area (Å²) in [5.41, 5.74) is 0.111. The van der Waals surface area contributed by atoms with E-state index in [0.29, 0.717) is 0 Å². The number of hydrogen-bond donors (Lipinski definition) is 1. The van der Waals surface area contributed by atoms with E-state index in [1.165, 1.54) is 0 Å². The van der Waals surface area contributed by atoms with Gasteiger partial charge in [0.2, 0.25) is 0 Å². The van der Waals surface area contributed by atoms with Gasteiger partial charge in [-0.1, -0.05) is 5.92 Å². The molecular formula is C6H9N. The normalized spacial score (nSPS) is 23.4.